The Morgan fingerprint density at radius 2 is 1.09 bits per heavy atom. The molecule has 0 aliphatic carbocycles. The van der Waals surface area contributed by atoms with E-state index in [9.17, 15) is 9.59 Å². The normalized spacial score (nSPS) is 11.6. The molecule has 34 heavy (non-hydrogen) atoms. The van der Waals surface area contributed by atoms with Crippen LogP contribution in [0.4, 0.5) is 0 Å². The number of carbonyl (C=O) groups is 2. The van der Waals surface area contributed by atoms with Crippen LogP contribution in [0.25, 0.3) is 0 Å². The molecule has 4 aromatic carbocycles. The summed E-state index contributed by atoms with van der Waals surface area (Å²) in [6.07, 6.45) is 0. The van der Waals surface area contributed by atoms with Crippen molar-refractivity contribution >= 4 is 23.6 Å². The van der Waals surface area contributed by atoms with Crippen molar-refractivity contribution in [2.75, 3.05) is 6.61 Å². The Kier molecular flexibility index (Phi) is 8.14. The first kappa shape index (κ1) is 23.3. The highest BCUT2D eigenvalue weighted by Gasteiger charge is 2.25. The zero-order valence-electron chi connectivity index (χ0n) is 18.5. The van der Waals surface area contributed by atoms with E-state index in [4.69, 9.17) is 4.74 Å². The van der Waals surface area contributed by atoms with Gasteiger partial charge in [0.05, 0.1) is 6.04 Å². The summed E-state index contributed by atoms with van der Waals surface area (Å²) in [5.41, 5.74) is 2.73. The first-order valence-electron chi connectivity index (χ1n) is 11.0. The molecule has 1 unspecified atom stereocenters. The molecule has 4 nitrogen and oxygen atoms in total. The third-order valence-electron chi connectivity index (χ3n) is 5.23. The third kappa shape index (κ3) is 6.36. The standard InChI is InChI=1S/C29H25NO3S/c31-26(30-27(22-13-5-1-6-14-22)23-15-7-2-8-16-23)21-33-29(32)28(24-17-9-3-10-18-24)34-25-19-11-4-12-20-25/h1-20,27-28H,21H2,(H,30,31). The molecule has 0 spiro atoms. The van der Waals surface area contributed by atoms with Crippen molar-refractivity contribution in [2.24, 2.45) is 0 Å². The molecule has 170 valence electrons. The molecular weight excluding hydrogens is 442 g/mol. The third-order valence-corrected chi connectivity index (χ3v) is 6.47. The molecule has 0 heterocycles. The van der Waals surface area contributed by atoms with Gasteiger partial charge in [0.1, 0.15) is 5.25 Å². The number of rotatable bonds is 9. The first-order chi connectivity index (χ1) is 16.7. The second kappa shape index (κ2) is 11.9. The summed E-state index contributed by atoms with van der Waals surface area (Å²) >= 11 is 1.40. The highest BCUT2D eigenvalue weighted by molar-refractivity contribution is 8.00. The predicted molar refractivity (Wildman–Crippen MR) is 135 cm³/mol. The smallest absolute Gasteiger partial charge is 0.324 e. The van der Waals surface area contributed by atoms with Gasteiger partial charge in [-0.2, -0.15) is 0 Å². The van der Waals surface area contributed by atoms with Crippen LogP contribution in [0.15, 0.2) is 126 Å². The molecule has 0 aliphatic heterocycles. The van der Waals surface area contributed by atoms with E-state index in [1.807, 2.05) is 121 Å². The number of nitrogens with one attached hydrogen (secondary N) is 1. The quantitative estimate of drug-likeness (QED) is 0.243. The minimum atomic E-state index is -0.574. The van der Waals surface area contributed by atoms with Crippen molar-refractivity contribution in [1.29, 1.82) is 0 Å². The van der Waals surface area contributed by atoms with E-state index < -0.39 is 11.2 Å². The number of ether oxygens (including phenoxy) is 1. The number of amides is 1. The van der Waals surface area contributed by atoms with E-state index in [2.05, 4.69) is 5.32 Å². The second-order valence-electron chi connectivity index (χ2n) is 7.65. The van der Waals surface area contributed by atoms with E-state index in [1.165, 1.54) is 11.8 Å². The number of benzene rings is 4. The summed E-state index contributed by atoms with van der Waals surface area (Å²) in [5.74, 6) is -0.811. The maximum absolute atomic E-state index is 13.1. The summed E-state index contributed by atoms with van der Waals surface area (Å²) < 4.78 is 5.49. The summed E-state index contributed by atoms with van der Waals surface area (Å²) in [6, 6.07) is 38.3. The van der Waals surface area contributed by atoms with E-state index in [-0.39, 0.29) is 18.6 Å². The summed E-state index contributed by atoms with van der Waals surface area (Å²) in [4.78, 5) is 26.8. The summed E-state index contributed by atoms with van der Waals surface area (Å²) in [6.45, 7) is -0.353. The topological polar surface area (TPSA) is 55.4 Å². The lowest BCUT2D eigenvalue weighted by atomic mass is 9.99. The van der Waals surface area contributed by atoms with E-state index in [0.717, 1.165) is 21.6 Å². The van der Waals surface area contributed by atoms with Crippen molar-refractivity contribution in [3.8, 4) is 0 Å². The summed E-state index contributed by atoms with van der Waals surface area (Å²) in [5, 5.41) is 2.44. The fraction of sp³-hybridized carbons (Fsp3) is 0.103. The highest BCUT2D eigenvalue weighted by Crippen LogP contribution is 2.36. The van der Waals surface area contributed by atoms with E-state index in [1.54, 1.807) is 0 Å². The van der Waals surface area contributed by atoms with Gasteiger partial charge < -0.3 is 10.1 Å². The van der Waals surface area contributed by atoms with Gasteiger partial charge in [-0.25, -0.2) is 0 Å². The van der Waals surface area contributed by atoms with E-state index >= 15 is 0 Å². The lowest BCUT2D eigenvalue weighted by Gasteiger charge is -2.20. The van der Waals surface area contributed by atoms with Gasteiger partial charge in [-0.15, -0.1) is 11.8 Å². The van der Waals surface area contributed by atoms with Crippen molar-refractivity contribution in [3.63, 3.8) is 0 Å². The minimum absolute atomic E-state index is 0.336. The molecule has 1 amide bonds. The Morgan fingerprint density at radius 1 is 0.647 bits per heavy atom. The van der Waals surface area contributed by atoms with Crippen LogP contribution in [-0.2, 0) is 14.3 Å². The Hall–Kier alpha value is -3.83. The van der Waals surface area contributed by atoms with Crippen LogP contribution in [0.1, 0.15) is 28.0 Å². The highest BCUT2D eigenvalue weighted by atomic mass is 32.2. The van der Waals surface area contributed by atoms with Crippen LogP contribution in [-0.4, -0.2) is 18.5 Å². The number of thioether (sulfide) groups is 1. The second-order valence-corrected chi connectivity index (χ2v) is 8.83. The Labute approximate surface area is 204 Å². The van der Waals surface area contributed by atoms with E-state index in [0.29, 0.717) is 0 Å². The molecule has 0 aromatic heterocycles. The van der Waals surface area contributed by atoms with Crippen molar-refractivity contribution in [1.82, 2.24) is 5.32 Å². The van der Waals surface area contributed by atoms with Gasteiger partial charge in [0.25, 0.3) is 5.91 Å². The van der Waals surface area contributed by atoms with Crippen LogP contribution < -0.4 is 5.32 Å². The molecule has 0 fully saturated rings. The molecular formula is C29H25NO3S. The zero-order valence-corrected chi connectivity index (χ0v) is 19.4. The van der Waals surface area contributed by atoms with Gasteiger partial charge >= 0.3 is 5.97 Å². The van der Waals surface area contributed by atoms with Crippen LogP contribution in [0.3, 0.4) is 0 Å². The molecule has 0 bridgehead atoms. The zero-order chi connectivity index (χ0) is 23.6. The largest absolute Gasteiger partial charge is 0.454 e. The molecule has 0 radical (unpaired) electrons. The number of esters is 1. The fourth-order valence-corrected chi connectivity index (χ4v) is 4.62. The number of carbonyl (C=O) groups excluding carboxylic acids is 2. The summed E-state index contributed by atoms with van der Waals surface area (Å²) in [7, 11) is 0. The van der Waals surface area contributed by atoms with Crippen LogP contribution >= 0.6 is 11.8 Å². The van der Waals surface area contributed by atoms with Gasteiger partial charge in [-0.05, 0) is 28.8 Å². The van der Waals surface area contributed by atoms with Crippen LogP contribution in [0.2, 0.25) is 0 Å². The maximum atomic E-state index is 13.1. The average molecular weight is 468 g/mol. The molecule has 0 saturated carbocycles. The molecule has 1 N–H and O–H groups in total. The lowest BCUT2D eigenvalue weighted by molar-refractivity contribution is -0.148. The first-order valence-corrected chi connectivity index (χ1v) is 11.9. The molecule has 0 saturated heterocycles. The Bertz CT molecular complexity index is 1150. The Balaban J connectivity index is 1.45. The number of hydrogen-bond donors (Lipinski definition) is 1. The minimum Gasteiger partial charge on any atom is -0.454 e. The van der Waals surface area contributed by atoms with Gasteiger partial charge in [0.2, 0.25) is 0 Å². The molecule has 1 atom stereocenters. The maximum Gasteiger partial charge on any atom is 0.324 e. The SMILES string of the molecule is O=C(COC(=O)C(Sc1ccccc1)c1ccccc1)NC(c1ccccc1)c1ccccc1. The molecule has 0 aliphatic rings. The van der Waals surface area contributed by atoms with Crippen molar-refractivity contribution < 1.29 is 14.3 Å². The predicted octanol–water partition coefficient (Wildman–Crippen LogP) is 5.97. The molecule has 4 rings (SSSR count). The monoisotopic (exact) mass is 467 g/mol. The molecule has 4 aromatic rings. The van der Waals surface area contributed by atoms with Crippen LogP contribution in [0.5, 0.6) is 0 Å². The van der Waals surface area contributed by atoms with Crippen molar-refractivity contribution in [3.05, 3.63) is 138 Å². The lowest BCUT2D eigenvalue weighted by Crippen LogP contribution is -2.33. The average Bonchev–Trinajstić information content (AvgIpc) is 2.91. The van der Waals surface area contributed by atoms with Gasteiger partial charge in [0.15, 0.2) is 6.61 Å². The number of hydrogen-bond acceptors (Lipinski definition) is 4. The van der Waals surface area contributed by atoms with Gasteiger partial charge in [-0.1, -0.05) is 109 Å². The Morgan fingerprint density at radius 3 is 1.59 bits per heavy atom. The van der Waals surface area contributed by atoms with Gasteiger partial charge in [-0.3, -0.25) is 9.59 Å². The van der Waals surface area contributed by atoms with Crippen molar-refractivity contribution in [2.45, 2.75) is 16.2 Å². The van der Waals surface area contributed by atoms with Crippen LogP contribution in [0, 0.1) is 0 Å². The molecule has 5 heteroatoms. The fourth-order valence-electron chi connectivity index (χ4n) is 3.58. The van der Waals surface area contributed by atoms with Gasteiger partial charge in [0, 0.05) is 4.90 Å².